The average molecular weight is 405 g/mol. The first-order chi connectivity index (χ1) is 14.7. The van der Waals surface area contributed by atoms with E-state index >= 15 is 0 Å². The number of carbonyl (C=O) groups excluding carboxylic acids is 1. The van der Waals surface area contributed by atoms with Gasteiger partial charge in [-0.25, -0.2) is 4.68 Å². The molecule has 30 heavy (non-hydrogen) atoms. The minimum Gasteiger partial charge on any atom is -0.494 e. The highest BCUT2D eigenvalue weighted by Gasteiger charge is 2.24. The Labute approximate surface area is 177 Å². The maximum atomic E-state index is 12.5. The third-order valence-electron chi connectivity index (χ3n) is 5.52. The van der Waals surface area contributed by atoms with E-state index < -0.39 is 0 Å². The van der Waals surface area contributed by atoms with Crippen molar-refractivity contribution in [2.75, 3.05) is 25.0 Å². The largest absolute Gasteiger partial charge is 0.494 e. The lowest BCUT2D eigenvalue weighted by molar-refractivity contribution is 0.102. The van der Waals surface area contributed by atoms with Gasteiger partial charge in [-0.1, -0.05) is 36.4 Å². The predicted octanol–water partition coefficient (Wildman–Crippen LogP) is 4.37. The van der Waals surface area contributed by atoms with E-state index in [2.05, 4.69) is 27.4 Å². The van der Waals surface area contributed by atoms with Crippen LogP contribution in [0.2, 0.25) is 0 Å². The van der Waals surface area contributed by atoms with Crippen LogP contribution in [0.1, 0.15) is 41.7 Å². The van der Waals surface area contributed by atoms with Gasteiger partial charge in [0.1, 0.15) is 11.6 Å². The number of anilines is 1. The molecule has 2 aromatic carbocycles. The molecule has 6 heteroatoms. The zero-order chi connectivity index (χ0) is 20.8. The van der Waals surface area contributed by atoms with Gasteiger partial charge in [0.05, 0.1) is 18.8 Å². The molecule has 1 amide bonds. The molecule has 4 rings (SSSR count). The fourth-order valence-electron chi connectivity index (χ4n) is 3.98. The zero-order valence-corrected chi connectivity index (χ0v) is 17.3. The third kappa shape index (κ3) is 4.71. The first-order valence-corrected chi connectivity index (χ1v) is 10.6. The first kappa shape index (κ1) is 20.2. The fraction of sp³-hybridized carbons (Fsp3) is 0.333. The molecule has 1 aliphatic heterocycles. The van der Waals surface area contributed by atoms with Gasteiger partial charge in [0.25, 0.3) is 5.91 Å². The van der Waals surface area contributed by atoms with E-state index in [0.717, 1.165) is 44.0 Å². The third-order valence-corrected chi connectivity index (χ3v) is 5.52. The molecule has 156 valence electrons. The monoisotopic (exact) mass is 404 g/mol. The maximum absolute atomic E-state index is 12.5. The summed E-state index contributed by atoms with van der Waals surface area (Å²) >= 11 is 0. The minimum atomic E-state index is -0.109. The van der Waals surface area contributed by atoms with Crippen LogP contribution in [0.4, 0.5) is 5.82 Å². The number of likely N-dealkylation sites (tertiary alicyclic amines) is 1. The van der Waals surface area contributed by atoms with Gasteiger partial charge in [-0.05, 0) is 38.0 Å². The lowest BCUT2D eigenvalue weighted by Gasteiger charge is -2.33. The number of ether oxygens (including phenoxy) is 1. The van der Waals surface area contributed by atoms with Crippen LogP contribution in [0, 0.1) is 0 Å². The van der Waals surface area contributed by atoms with Crippen LogP contribution in [0.3, 0.4) is 0 Å². The lowest BCUT2D eigenvalue weighted by atomic mass is 10.0. The molecule has 6 nitrogen and oxygen atoms in total. The summed E-state index contributed by atoms with van der Waals surface area (Å²) in [4.78, 5) is 15.0. The van der Waals surface area contributed by atoms with E-state index in [1.54, 1.807) is 6.20 Å². The van der Waals surface area contributed by atoms with Crippen LogP contribution in [-0.2, 0) is 6.54 Å². The number of carbonyl (C=O) groups is 1. The number of piperidine rings is 1. The quantitative estimate of drug-likeness (QED) is 0.635. The van der Waals surface area contributed by atoms with Crippen molar-refractivity contribution in [1.29, 1.82) is 0 Å². The number of aromatic nitrogens is 2. The van der Waals surface area contributed by atoms with Crippen LogP contribution in [0.25, 0.3) is 0 Å². The van der Waals surface area contributed by atoms with Gasteiger partial charge in [-0.2, -0.15) is 5.10 Å². The second-order valence-electron chi connectivity index (χ2n) is 7.53. The van der Waals surface area contributed by atoms with E-state index in [1.807, 2.05) is 60.1 Å². The molecule has 0 radical (unpaired) electrons. The molecular weight excluding hydrogens is 376 g/mol. The SMILES string of the molecule is CCOc1ccccc1CN1CCC(n2nccc2NC(=O)c2ccccc2)CC1. The molecule has 0 spiro atoms. The Hall–Kier alpha value is -3.12. The summed E-state index contributed by atoms with van der Waals surface area (Å²) in [6, 6.07) is 19.7. The topological polar surface area (TPSA) is 59.4 Å². The predicted molar refractivity (Wildman–Crippen MR) is 118 cm³/mol. The highest BCUT2D eigenvalue weighted by Crippen LogP contribution is 2.28. The van der Waals surface area contributed by atoms with Crippen LogP contribution in [0.15, 0.2) is 66.9 Å². The van der Waals surface area contributed by atoms with Gasteiger partial charge < -0.3 is 10.1 Å². The lowest BCUT2D eigenvalue weighted by Crippen LogP contribution is -2.35. The molecule has 0 saturated carbocycles. The van der Waals surface area contributed by atoms with Crippen molar-refractivity contribution >= 4 is 11.7 Å². The average Bonchev–Trinajstić information content (AvgIpc) is 3.24. The molecule has 1 fully saturated rings. The summed E-state index contributed by atoms with van der Waals surface area (Å²) in [5.41, 5.74) is 1.88. The molecule has 0 bridgehead atoms. The summed E-state index contributed by atoms with van der Waals surface area (Å²) in [5, 5.41) is 7.51. The summed E-state index contributed by atoms with van der Waals surface area (Å²) in [7, 11) is 0. The summed E-state index contributed by atoms with van der Waals surface area (Å²) in [6.07, 6.45) is 3.74. The van der Waals surface area contributed by atoms with Crippen LogP contribution in [-0.4, -0.2) is 40.3 Å². The minimum absolute atomic E-state index is 0.109. The second-order valence-corrected chi connectivity index (χ2v) is 7.53. The van der Waals surface area contributed by atoms with Crippen molar-refractivity contribution in [3.8, 4) is 5.75 Å². The zero-order valence-electron chi connectivity index (χ0n) is 17.3. The number of nitrogens with one attached hydrogen (secondary N) is 1. The van der Waals surface area contributed by atoms with E-state index in [9.17, 15) is 4.79 Å². The van der Waals surface area contributed by atoms with Crippen molar-refractivity contribution in [3.63, 3.8) is 0 Å². The number of benzene rings is 2. The normalized spacial score (nSPS) is 15.1. The Morgan fingerprint density at radius 3 is 2.57 bits per heavy atom. The molecule has 1 N–H and O–H groups in total. The molecular formula is C24H28N4O2. The summed E-state index contributed by atoms with van der Waals surface area (Å²) < 4.78 is 7.73. The highest BCUT2D eigenvalue weighted by molar-refractivity contribution is 6.03. The number of hydrogen-bond donors (Lipinski definition) is 1. The Morgan fingerprint density at radius 2 is 1.80 bits per heavy atom. The van der Waals surface area contributed by atoms with E-state index in [-0.39, 0.29) is 11.9 Å². The van der Waals surface area contributed by atoms with Gasteiger partial charge >= 0.3 is 0 Å². The van der Waals surface area contributed by atoms with Crippen molar-refractivity contribution in [1.82, 2.24) is 14.7 Å². The summed E-state index contributed by atoms with van der Waals surface area (Å²) in [5.74, 6) is 1.62. The molecule has 1 saturated heterocycles. The molecule has 1 aliphatic rings. The molecule has 1 aromatic heterocycles. The number of rotatable bonds is 7. The molecule has 2 heterocycles. The molecule has 3 aromatic rings. The van der Waals surface area contributed by atoms with Crippen LogP contribution >= 0.6 is 0 Å². The highest BCUT2D eigenvalue weighted by atomic mass is 16.5. The standard InChI is InChI=1S/C24H28N4O2/c1-2-30-22-11-7-6-10-20(22)18-27-16-13-21(14-17-27)28-23(12-15-25-28)26-24(29)19-8-4-3-5-9-19/h3-12,15,21H,2,13-14,16-18H2,1H3,(H,26,29). The number of para-hydroxylation sites is 1. The van der Waals surface area contributed by atoms with Crippen molar-refractivity contribution < 1.29 is 9.53 Å². The van der Waals surface area contributed by atoms with Crippen LogP contribution < -0.4 is 10.1 Å². The van der Waals surface area contributed by atoms with Gasteiger partial charge in [0.2, 0.25) is 0 Å². The summed E-state index contributed by atoms with van der Waals surface area (Å²) in [6.45, 7) is 5.55. The second kappa shape index (κ2) is 9.59. The van der Waals surface area contributed by atoms with Crippen LogP contribution in [0.5, 0.6) is 5.75 Å². The van der Waals surface area contributed by atoms with Crippen molar-refractivity contribution in [3.05, 3.63) is 78.0 Å². The van der Waals surface area contributed by atoms with E-state index in [4.69, 9.17) is 4.74 Å². The maximum Gasteiger partial charge on any atom is 0.256 e. The van der Waals surface area contributed by atoms with Gasteiger partial charge in [0, 0.05) is 36.8 Å². The van der Waals surface area contributed by atoms with Crippen molar-refractivity contribution in [2.45, 2.75) is 32.4 Å². The number of amides is 1. The number of hydrogen-bond acceptors (Lipinski definition) is 4. The fourth-order valence-corrected chi connectivity index (χ4v) is 3.98. The Bertz CT molecular complexity index is 962. The Balaban J connectivity index is 1.36. The van der Waals surface area contributed by atoms with E-state index in [0.29, 0.717) is 12.2 Å². The van der Waals surface area contributed by atoms with Crippen molar-refractivity contribution in [2.24, 2.45) is 0 Å². The van der Waals surface area contributed by atoms with E-state index in [1.165, 1.54) is 5.56 Å². The Kier molecular flexibility index (Phi) is 6.44. The smallest absolute Gasteiger partial charge is 0.256 e. The van der Waals surface area contributed by atoms with Gasteiger partial charge in [0.15, 0.2) is 0 Å². The Morgan fingerprint density at radius 1 is 1.07 bits per heavy atom. The van der Waals surface area contributed by atoms with Gasteiger partial charge in [-0.15, -0.1) is 0 Å². The molecule has 0 atom stereocenters. The molecule has 0 aliphatic carbocycles. The molecule has 0 unspecified atom stereocenters. The number of nitrogens with zero attached hydrogens (tertiary/aromatic N) is 3. The van der Waals surface area contributed by atoms with Gasteiger partial charge in [-0.3, -0.25) is 9.69 Å². The first-order valence-electron chi connectivity index (χ1n) is 10.6.